The van der Waals surface area contributed by atoms with Gasteiger partial charge in [-0.05, 0) is 104 Å². The number of likely N-dealkylation sites (tertiary alicyclic amines) is 1. The number of halogens is 5. The molecule has 4 nitrogen and oxygen atoms in total. The second-order valence-electron chi connectivity index (χ2n) is 11.5. The van der Waals surface area contributed by atoms with Gasteiger partial charge in [-0.25, -0.2) is 8.78 Å². The lowest BCUT2D eigenvalue weighted by Gasteiger charge is -2.46. The Morgan fingerprint density at radius 3 is 2.40 bits per heavy atom. The van der Waals surface area contributed by atoms with Crippen LogP contribution < -0.4 is 5.32 Å². The van der Waals surface area contributed by atoms with Gasteiger partial charge in [0, 0.05) is 30.4 Å². The van der Waals surface area contributed by atoms with Crippen LogP contribution in [0.4, 0.5) is 27.6 Å². The average molecular weight is 584 g/mol. The predicted octanol–water partition coefficient (Wildman–Crippen LogP) is 7.48. The maximum absolute atomic E-state index is 14.2. The number of hydrogen-bond donors (Lipinski definition) is 1. The first-order chi connectivity index (χ1) is 19.9. The maximum atomic E-state index is 14.2. The minimum Gasteiger partial charge on any atom is -0.359 e. The Balaban J connectivity index is 1.28. The Labute approximate surface area is 242 Å². The lowest BCUT2D eigenvalue weighted by Crippen LogP contribution is -2.45. The summed E-state index contributed by atoms with van der Waals surface area (Å²) in [6.45, 7) is 6.28. The van der Waals surface area contributed by atoms with E-state index in [9.17, 15) is 26.7 Å². The molecule has 0 bridgehead atoms. The van der Waals surface area contributed by atoms with Crippen molar-refractivity contribution in [2.75, 3.05) is 32.0 Å². The zero-order chi connectivity index (χ0) is 30.1. The van der Waals surface area contributed by atoms with Gasteiger partial charge in [0.2, 0.25) is 5.91 Å². The zero-order valence-electron chi connectivity index (χ0n) is 23.5. The first-order valence-electron chi connectivity index (χ1n) is 14.1. The lowest BCUT2D eigenvalue weighted by atomic mass is 9.67. The predicted molar refractivity (Wildman–Crippen MR) is 153 cm³/mol. The van der Waals surface area contributed by atoms with Crippen molar-refractivity contribution in [3.8, 4) is 0 Å². The molecule has 3 aromatic rings. The number of hydrogen-bond acceptors (Lipinski definition) is 3. The molecule has 1 spiro atoms. The molecule has 1 fully saturated rings. The monoisotopic (exact) mass is 583 g/mol. The van der Waals surface area contributed by atoms with E-state index >= 15 is 0 Å². The summed E-state index contributed by atoms with van der Waals surface area (Å²) in [5, 5.41) is 3.28. The highest BCUT2D eigenvalue weighted by atomic mass is 19.4. The van der Waals surface area contributed by atoms with Gasteiger partial charge in [0.05, 0.1) is 11.5 Å². The van der Waals surface area contributed by atoms with Gasteiger partial charge in [-0.3, -0.25) is 4.79 Å². The minimum absolute atomic E-state index is 0.0145. The third-order valence-electron chi connectivity index (χ3n) is 8.58. The number of amides is 1. The highest BCUT2D eigenvalue weighted by Crippen LogP contribution is 2.47. The van der Waals surface area contributed by atoms with Crippen LogP contribution in [0.3, 0.4) is 0 Å². The van der Waals surface area contributed by atoms with Crippen molar-refractivity contribution in [2.45, 2.75) is 49.7 Å². The quantitative estimate of drug-likeness (QED) is 0.293. The molecule has 9 heteroatoms. The Morgan fingerprint density at radius 2 is 1.71 bits per heavy atom. The smallest absolute Gasteiger partial charge is 0.359 e. The topological polar surface area (TPSA) is 35.6 Å². The van der Waals surface area contributed by atoms with Crippen molar-refractivity contribution >= 4 is 11.6 Å². The molecule has 3 aromatic carbocycles. The van der Waals surface area contributed by atoms with E-state index in [0.717, 1.165) is 61.4 Å². The fourth-order valence-electron chi connectivity index (χ4n) is 6.36. The number of benzene rings is 3. The zero-order valence-corrected chi connectivity index (χ0v) is 23.5. The van der Waals surface area contributed by atoms with E-state index < -0.39 is 23.5 Å². The summed E-state index contributed by atoms with van der Waals surface area (Å²) in [4.78, 5) is 17.4. The molecule has 0 aliphatic carbocycles. The molecule has 2 heterocycles. The van der Waals surface area contributed by atoms with Crippen molar-refractivity contribution in [1.29, 1.82) is 0 Å². The molecular formula is C33H34F5N3O. The first kappa shape index (κ1) is 29.8. The van der Waals surface area contributed by atoms with Crippen LogP contribution in [0, 0.1) is 11.6 Å². The number of allylic oxidation sites excluding steroid dienone is 1. The number of anilines is 1. The average Bonchev–Trinajstić information content (AvgIpc) is 2.95. The number of piperidine rings is 1. The van der Waals surface area contributed by atoms with Crippen LogP contribution in [0.15, 0.2) is 79.0 Å². The number of carbonyl (C=O) groups excluding carboxylic acids is 1. The van der Waals surface area contributed by atoms with Gasteiger partial charge in [-0.1, -0.05) is 30.8 Å². The lowest BCUT2D eigenvalue weighted by molar-refractivity contribution is -0.137. The van der Waals surface area contributed by atoms with Gasteiger partial charge in [-0.15, -0.1) is 0 Å². The van der Waals surface area contributed by atoms with Crippen LogP contribution in [0.2, 0.25) is 0 Å². The molecule has 1 atom stereocenters. The molecule has 1 N–H and O–H groups in total. The Hall–Kier alpha value is -3.72. The summed E-state index contributed by atoms with van der Waals surface area (Å²) < 4.78 is 67.5. The molecule has 0 saturated carbocycles. The first-order valence-corrected chi connectivity index (χ1v) is 14.1. The SMILES string of the molecule is C=C1CC2(CCN(CCC(C(=O)N(C)Cc3cccc(C(F)(F)F)c3)c3ccc(F)cc3)CC2)c2cc(F)ccc2N1. The molecular weight excluding hydrogens is 549 g/mol. The number of likely N-dealkylation sites (N-methyl/N-ethyl adjacent to an activating group) is 1. The summed E-state index contributed by atoms with van der Waals surface area (Å²) in [7, 11) is 1.57. The molecule has 2 aliphatic rings. The van der Waals surface area contributed by atoms with Gasteiger partial charge in [0.15, 0.2) is 0 Å². The third kappa shape index (κ3) is 6.51. The van der Waals surface area contributed by atoms with E-state index in [2.05, 4.69) is 16.8 Å². The number of rotatable bonds is 7. The summed E-state index contributed by atoms with van der Waals surface area (Å²) in [6, 6.07) is 15.6. The third-order valence-corrected chi connectivity index (χ3v) is 8.58. The minimum atomic E-state index is -4.47. The Kier molecular flexibility index (Phi) is 8.42. The van der Waals surface area contributed by atoms with Crippen LogP contribution in [0.1, 0.15) is 53.9 Å². The molecule has 222 valence electrons. The summed E-state index contributed by atoms with van der Waals surface area (Å²) in [6.07, 6.45) is -1.65. The van der Waals surface area contributed by atoms with Crippen LogP contribution in [0.25, 0.3) is 0 Å². The van der Waals surface area contributed by atoms with Crippen LogP contribution in [-0.2, 0) is 22.9 Å². The molecule has 1 unspecified atom stereocenters. The molecule has 0 radical (unpaired) electrons. The van der Waals surface area contributed by atoms with E-state index in [1.807, 2.05) is 0 Å². The standard InChI is InChI=1S/C33H34F5N3O/c1-22-20-32(29-19-27(35)10-11-30(29)39-22)13-16-41(17-14-32)15-12-28(24-6-8-26(34)9-7-24)31(42)40(2)21-23-4-3-5-25(18-23)33(36,37)38/h3-11,18-19,28,39H,1,12-17,20-21H2,2H3. The molecule has 2 aliphatic heterocycles. The Bertz CT molecular complexity index is 1440. The van der Waals surface area contributed by atoms with Crippen molar-refractivity contribution in [3.05, 3.63) is 113 Å². The highest BCUT2D eigenvalue weighted by molar-refractivity contribution is 5.83. The molecule has 42 heavy (non-hydrogen) atoms. The second-order valence-corrected chi connectivity index (χ2v) is 11.5. The number of alkyl halides is 3. The normalized spacial score (nSPS) is 17.4. The molecule has 0 aromatic heterocycles. The van der Waals surface area contributed by atoms with Gasteiger partial charge >= 0.3 is 6.18 Å². The van der Waals surface area contributed by atoms with Crippen molar-refractivity contribution in [3.63, 3.8) is 0 Å². The summed E-state index contributed by atoms with van der Waals surface area (Å²) in [5.74, 6) is -1.51. The number of carbonyl (C=O) groups is 1. The van der Waals surface area contributed by atoms with E-state index in [0.29, 0.717) is 24.1 Å². The molecule has 1 amide bonds. The van der Waals surface area contributed by atoms with Gasteiger partial charge < -0.3 is 15.1 Å². The fourth-order valence-corrected chi connectivity index (χ4v) is 6.36. The van der Waals surface area contributed by atoms with Crippen LogP contribution in [-0.4, -0.2) is 42.4 Å². The number of nitrogens with zero attached hydrogens (tertiary/aromatic N) is 2. The largest absolute Gasteiger partial charge is 0.416 e. The van der Waals surface area contributed by atoms with Crippen LogP contribution in [0.5, 0.6) is 0 Å². The van der Waals surface area contributed by atoms with E-state index in [1.54, 1.807) is 37.4 Å². The van der Waals surface area contributed by atoms with Gasteiger partial charge in [-0.2, -0.15) is 13.2 Å². The van der Waals surface area contributed by atoms with Gasteiger partial charge in [0.25, 0.3) is 0 Å². The Morgan fingerprint density at radius 1 is 1.02 bits per heavy atom. The molecule has 5 rings (SSSR count). The summed E-state index contributed by atoms with van der Waals surface area (Å²) in [5.41, 5.74) is 2.85. The summed E-state index contributed by atoms with van der Waals surface area (Å²) >= 11 is 0. The van der Waals surface area contributed by atoms with Gasteiger partial charge in [0.1, 0.15) is 11.6 Å². The molecule has 1 saturated heterocycles. The van der Waals surface area contributed by atoms with E-state index in [1.165, 1.54) is 29.2 Å². The van der Waals surface area contributed by atoms with Crippen molar-refractivity contribution in [2.24, 2.45) is 0 Å². The van der Waals surface area contributed by atoms with Crippen LogP contribution >= 0.6 is 0 Å². The van der Waals surface area contributed by atoms with Crippen molar-refractivity contribution in [1.82, 2.24) is 9.80 Å². The number of fused-ring (bicyclic) bond motifs is 2. The van der Waals surface area contributed by atoms with Crippen molar-refractivity contribution < 1.29 is 26.7 Å². The second kappa shape index (κ2) is 11.9. The number of nitrogens with one attached hydrogen (secondary N) is 1. The highest BCUT2D eigenvalue weighted by Gasteiger charge is 2.41. The van der Waals surface area contributed by atoms with E-state index in [4.69, 9.17) is 0 Å². The fraction of sp³-hybridized carbons (Fsp3) is 0.364. The van der Waals surface area contributed by atoms with E-state index in [-0.39, 0.29) is 23.7 Å². The maximum Gasteiger partial charge on any atom is 0.416 e.